The third kappa shape index (κ3) is 3.43. The molecule has 2 aromatic heterocycles. The van der Waals surface area contributed by atoms with Crippen LogP contribution in [0.1, 0.15) is 32.2 Å². The molecule has 0 aliphatic heterocycles. The van der Waals surface area contributed by atoms with Crippen molar-refractivity contribution in [1.29, 1.82) is 0 Å². The lowest BCUT2D eigenvalue weighted by Gasteiger charge is -2.15. The summed E-state index contributed by atoms with van der Waals surface area (Å²) >= 11 is 6.58. The van der Waals surface area contributed by atoms with Crippen molar-refractivity contribution in [3.8, 4) is 0 Å². The summed E-state index contributed by atoms with van der Waals surface area (Å²) < 4.78 is 1.07. The Kier molecular flexibility index (Phi) is 4.76. The van der Waals surface area contributed by atoms with Crippen molar-refractivity contribution in [1.82, 2.24) is 9.88 Å². The molecule has 0 atom stereocenters. The van der Waals surface area contributed by atoms with Crippen LogP contribution in [-0.4, -0.2) is 22.8 Å². The maximum atomic E-state index is 12.4. The fourth-order valence-electron chi connectivity index (χ4n) is 1.72. The van der Waals surface area contributed by atoms with E-state index in [0.717, 1.165) is 26.5 Å². The minimum Gasteiger partial charge on any atom is -0.336 e. The second kappa shape index (κ2) is 6.15. The highest BCUT2D eigenvalue weighted by Crippen LogP contribution is 2.23. The Morgan fingerprint density at radius 1 is 1.53 bits per heavy atom. The largest absolute Gasteiger partial charge is 0.336 e. The van der Waals surface area contributed by atoms with Crippen molar-refractivity contribution in [2.45, 2.75) is 26.8 Å². The van der Waals surface area contributed by atoms with Crippen LogP contribution >= 0.6 is 38.6 Å². The number of aromatic nitrogens is 1. The molecule has 1 amide bonds. The molecule has 0 radical (unpaired) electrons. The van der Waals surface area contributed by atoms with Gasteiger partial charge < -0.3 is 4.90 Å². The van der Waals surface area contributed by atoms with E-state index in [1.54, 1.807) is 16.2 Å². The third-order valence-electron chi connectivity index (χ3n) is 2.70. The molecule has 102 valence electrons. The smallest absolute Gasteiger partial charge is 0.265 e. The molecule has 0 saturated carbocycles. The zero-order valence-corrected chi connectivity index (χ0v) is 14.3. The van der Waals surface area contributed by atoms with Gasteiger partial charge in [0.1, 0.15) is 4.88 Å². The van der Waals surface area contributed by atoms with Crippen LogP contribution in [0, 0.1) is 6.92 Å². The summed E-state index contributed by atoms with van der Waals surface area (Å²) in [7, 11) is 1.83. The maximum Gasteiger partial charge on any atom is 0.265 e. The third-order valence-corrected chi connectivity index (χ3v) is 5.67. The molecule has 2 rings (SSSR count). The van der Waals surface area contributed by atoms with Crippen molar-refractivity contribution in [3.05, 3.63) is 36.4 Å². The molecule has 0 aromatic carbocycles. The number of aryl methyl sites for hydroxylation is 2. The number of hydrogen-bond donors (Lipinski definition) is 0. The van der Waals surface area contributed by atoms with Gasteiger partial charge in [-0.1, -0.05) is 6.92 Å². The Labute approximate surface area is 129 Å². The lowest BCUT2D eigenvalue weighted by Crippen LogP contribution is -2.25. The number of amides is 1. The first kappa shape index (κ1) is 14.7. The average Bonchev–Trinajstić information content (AvgIpc) is 2.94. The van der Waals surface area contributed by atoms with Gasteiger partial charge in [-0.15, -0.1) is 22.7 Å². The lowest BCUT2D eigenvalue weighted by molar-refractivity contribution is 0.0790. The van der Waals surface area contributed by atoms with Crippen LogP contribution in [-0.2, 0) is 13.0 Å². The molecule has 0 aliphatic carbocycles. The summed E-state index contributed by atoms with van der Waals surface area (Å²) in [4.78, 5) is 20.5. The first-order chi connectivity index (χ1) is 9.01. The van der Waals surface area contributed by atoms with Crippen LogP contribution < -0.4 is 0 Å². The Bertz CT molecular complexity index is 591. The predicted molar refractivity (Wildman–Crippen MR) is 84.0 cm³/mol. The highest BCUT2D eigenvalue weighted by Gasteiger charge is 2.19. The van der Waals surface area contributed by atoms with Crippen LogP contribution in [0.15, 0.2) is 15.9 Å². The van der Waals surface area contributed by atoms with E-state index in [1.807, 2.05) is 25.4 Å². The van der Waals surface area contributed by atoms with Gasteiger partial charge >= 0.3 is 0 Å². The van der Waals surface area contributed by atoms with Gasteiger partial charge in [-0.25, -0.2) is 4.98 Å². The summed E-state index contributed by atoms with van der Waals surface area (Å²) in [5, 5.41) is 3.05. The van der Waals surface area contributed by atoms with Crippen molar-refractivity contribution in [2.75, 3.05) is 7.05 Å². The van der Waals surface area contributed by atoms with E-state index in [-0.39, 0.29) is 5.91 Å². The summed E-state index contributed by atoms with van der Waals surface area (Å²) in [6, 6.07) is 2.05. The molecule has 0 bridgehead atoms. The Hall–Kier alpha value is -0.720. The second-order valence-electron chi connectivity index (χ2n) is 4.27. The van der Waals surface area contributed by atoms with Crippen molar-refractivity contribution < 1.29 is 4.79 Å². The summed E-state index contributed by atoms with van der Waals surface area (Å²) in [5.41, 5.74) is 0.839. The zero-order chi connectivity index (χ0) is 14.0. The van der Waals surface area contributed by atoms with Gasteiger partial charge in [-0.3, -0.25) is 4.79 Å². The predicted octanol–water partition coefficient (Wildman–Crippen LogP) is 4.11. The highest BCUT2D eigenvalue weighted by atomic mass is 79.9. The molecule has 3 nitrogen and oxygen atoms in total. The quantitative estimate of drug-likeness (QED) is 0.823. The van der Waals surface area contributed by atoms with Gasteiger partial charge in [0.15, 0.2) is 0 Å². The molecular weight excluding hydrogens is 344 g/mol. The van der Waals surface area contributed by atoms with E-state index in [9.17, 15) is 4.79 Å². The first-order valence-electron chi connectivity index (χ1n) is 5.96. The number of thiazole rings is 1. The minimum absolute atomic E-state index is 0.0548. The van der Waals surface area contributed by atoms with E-state index in [0.29, 0.717) is 6.54 Å². The van der Waals surface area contributed by atoms with Gasteiger partial charge in [0.05, 0.1) is 17.2 Å². The summed E-state index contributed by atoms with van der Waals surface area (Å²) in [6.45, 7) is 4.59. The topological polar surface area (TPSA) is 33.2 Å². The minimum atomic E-state index is 0.0548. The molecule has 6 heteroatoms. The van der Waals surface area contributed by atoms with E-state index >= 15 is 0 Å². The van der Waals surface area contributed by atoms with Gasteiger partial charge in [-0.2, -0.15) is 0 Å². The zero-order valence-electron chi connectivity index (χ0n) is 11.1. The van der Waals surface area contributed by atoms with Crippen LogP contribution in [0.3, 0.4) is 0 Å². The average molecular weight is 359 g/mol. The maximum absolute atomic E-state index is 12.4. The molecule has 2 aromatic rings. The standard InChI is InChI=1S/C13H15BrN2OS2/c1-4-11-15-8(2)12(19-11)13(17)16(3)6-10-5-9(14)7-18-10/h5,7H,4,6H2,1-3H3. The molecular formula is C13H15BrN2OS2. The van der Waals surface area contributed by atoms with Crippen LogP contribution in [0.2, 0.25) is 0 Å². The lowest BCUT2D eigenvalue weighted by atomic mass is 10.3. The number of nitrogens with zero attached hydrogens (tertiary/aromatic N) is 2. The van der Waals surface area contributed by atoms with Crippen LogP contribution in [0.5, 0.6) is 0 Å². The number of thiophene rings is 1. The van der Waals surface area contributed by atoms with Gasteiger partial charge in [-0.05, 0) is 35.3 Å². The van der Waals surface area contributed by atoms with E-state index in [4.69, 9.17) is 0 Å². The Balaban J connectivity index is 2.12. The van der Waals surface area contributed by atoms with Crippen LogP contribution in [0.4, 0.5) is 0 Å². The van der Waals surface area contributed by atoms with E-state index < -0.39 is 0 Å². The molecule has 0 unspecified atom stereocenters. The Morgan fingerprint density at radius 2 is 2.26 bits per heavy atom. The van der Waals surface area contributed by atoms with Gasteiger partial charge in [0.25, 0.3) is 5.91 Å². The SMILES string of the molecule is CCc1nc(C)c(C(=O)N(C)Cc2cc(Br)cs2)s1. The number of carbonyl (C=O) groups excluding carboxylic acids is 1. The summed E-state index contributed by atoms with van der Waals surface area (Å²) in [5.74, 6) is 0.0548. The highest BCUT2D eigenvalue weighted by molar-refractivity contribution is 9.10. The normalized spacial score (nSPS) is 10.7. The fraction of sp³-hybridized carbons (Fsp3) is 0.385. The van der Waals surface area contributed by atoms with Crippen LogP contribution in [0.25, 0.3) is 0 Å². The van der Waals surface area contributed by atoms with Crippen molar-refractivity contribution in [2.24, 2.45) is 0 Å². The molecule has 0 spiro atoms. The summed E-state index contributed by atoms with van der Waals surface area (Å²) in [6.07, 6.45) is 0.875. The van der Waals surface area contributed by atoms with Gasteiger partial charge in [0.2, 0.25) is 0 Å². The molecule has 0 fully saturated rings. The van der Waals surface area contributed by atoms with E-state index in [2.05, 4.69) is 27.8 Å². The van der Waals surface area contributed by atoms with Crippen molar-refractivity contribution in [3.63, 3.8) is 0 Å². The second-order valence-corrected chi connectivity index (χ2v) is 7.26. The number of rotatable bonds is 4. The number of hydrogen-bond acceptors (Lipinski definition) is 4. The number of halogens is 1. The monoisotopic (exact) mass is 358 g/mol. The molecule has 19 heavy (non-hydrogen) atoms. The van der Waals surface area contributed by atoms with Crippen molar-refractivity contribution >= 4 is 44.5 Å². The molecule has 0 aliphatic rings. The molecule has 2 heterocycles. The first-order valence-corrected chi connectivity index (χ1v) is 8.44. The molecule has 0 N–H and O–H groups in total. The number of carbonyl (C=O) groups is 1. The van der Waals surface area contributed by atoms with E-state index in [1.165, 1.54) is 16.2 Å². The van der Waals surface area contributed by atoms with Gasteiger partial charge in [0, 0.05) is 21.8 Å². The molecule has 0 saturated heterocycles. The fourth-order valence-corrected chi connectivity index (χ4v) is 4.22. The Morgan fingerprint density at radius 3 is 2.79 bits per heavy atom.